The van der Waals surface area contributed by atoms with E-state index in [0.717, 1.165) is 11.1 Å². The van der Waals surface area contributed by atoms with Crippen LogP contribution in [0.15, 0.2) is 91.1 Å². The Hall–Kier alpha value is -4.26. The van der Waals surface area contributed by atoms with Crippen molar-refractivity contribution in [3.8, 4) is 11.3 Å². The van der Waals surface area contributed by atoms with Crippen LogP contribution < -0.4 is 5.32 Å². The maximum absolute atomic E-state index is 13.0. The van der Waals surface area contributed by atoms with Crippen molar-refractivity contribution < 1.29 is 9.72 Å². The van der Waals surface area contributed by atoms with E-state index in [1.54, 1.807) is 16.9 Å². The average molecular weight is 398 g/mol. The Morgan fingerprint density at radius 1 is 0.967 bits per heavy atom. The fraction of sp³-hybridized carbons (Fsp3) is 0.0435. The molecule has 148 valence electrons. The minimum Gasteiger partial charge on any atom is -0.322 e. The molecule has 0 spiro atoms. The SMILES string of the molecule is O=C(Nc1cccc([N+](=O)[O-])c1)c1cn(Cc2ccccc2)nc1-c1ccccc1. The summed E-state index contributed by atoms with van der Waals surface area (Å²) in [6.07, 6.45) is 1.70. The second kappa shape index (κ2) is 8.40. The standard InChI is InChI=1S/C23H18N4O3/c28-23(24-19-12-7-13-20(14-19)27(29)30)21-16-26(15-17-8-3-1-4-9-17)25-22(21)18-10-5-2-6-11-18/h1-14,16H,15H2,(H,24,28). The number of hydrogen-bond donors (Lipinski definition) is 1. The molecule has 0 aliphatic heterocycles. The van der Waals surface area contributed by atoms with Crippen LogP contribution in [0.25, 0.3) is 11.3 Å². The fourth-order valence-electron chi connectivity index (χ4n) is 3.14. The smallest absolute Gasteiger partial charge is 0.271 e. The Kier molecular flexibility index (Phi) is 5.34. The minimum absolute atomic E-state index is 0.0872. The van der Waals surface area contributed by atoms with E-state index >= 15 is 0 Å². The molecule has 3 aromatic carbocycles. The molecular formula is C23H18N4O3. The minimum atomic E-state index is -0.497. The third kappa shape index (κ3) is 4.25. The van der Waals surface area contributed by atoms with E-state index in [0.29, 0.717) is 23.5 Å². The summed E-state index contributed by atoms with van der Waals surface area (Å²) in [5.74, 6) is -0.381. The van der Waals surface area contributed by atoms with Gasteiger partial charge < -0.3 is 5.32 Å². The number of nitro groups is 1. The quantitative estimate of drug-likeness (QED) is 0.375. The van der Waals surface area contributed by atoms with Crippen LogP contribution in [0.5, 0.6) is 0 Å². The topological polar surface area (TPSA) is 90.1 Å². The van der Waals surface area contributed by atoms with E-state index < -0.39 is 4.92 Å². The number of benzene rings is 3. The molecule has 1 amide bonds. The van der Waals surface area contributed by atoms with E-state index in [1.807, 2.05) is 60.7 Å². The number of nitro benzene ring substituents is 1. The predicted octanol–water partition coefficient (Wildman–Crippen LogP) is 4.76. The lowest BCUT2D eigenvalue weighted by atomic mass is 10.1. The summed E-state index contributed by atoms with van der Waals surface area (Å²) in [6.45, 7) is 0.519. The van der Waals surface area contributed by atoms with Crippen molar-refractivity contribution in [2.45, 2.75) is 6.54 Å². The first-order valence-corrected chi connectivity index (χ1v) is 9.33. The van der Waals surface area contributed by atoms with Gasteiger partial charge in [-0.3, -0.25) is 19.6 Å². The number of non-ortho nitro benzene ring substituents is 1. The maximum atomic E-state index is 13.0. The van der Waals surface area contributed by atoms with Gasteiger partial charge in [0, 0.05) is 29.6 Å². The van der Waals surface area contributed by atoms with Crippen LogP contribution in [0.3, 0.4) is 0 Å². The lowest BCUT2D eigenvalue weighted by Gasteiger charge is -2.05. The van der Waals surface area contributed by atoms with Crippen molar-refractivity contribution in [1.82, 2.24) is 9.78 Å². The summed E-state index contributed by atoms with van der Waals surface area (Å²) in [5, 5.41) is 18.4. The first-order valence-electron chi connectivity index (χ1n) is 9.33. The molecule has 0 saturated carbocycles. The van der Waals surface area contributed by atoms with E-state index in [9.17, 15) is 14.9 Å². The van der Waals surface area contributed by atoms with Gasteiger partial charge in [0.25, 0.3) is 11.6 Å². The highest BCUT2D eigenvalue weighted by molar-refractivity contribution is 6.08. The molecule has 0 aliphatic carbocycles. The van der Waals surface area contributed by atoms with Gasteiger partial charge in [-0.25, -0.2) is 0 Å². The van der Waals surface area contributed by atoms with Crippen LogP contribution in [-0.2, 0) is 6.54 Å². The van der Waals surface area contributed by atoms with Crippen LogP contribution >= 0.6 is 0 Å². The van der Waals surface area contributed by atoms with Gasteiger partial charge in [0.15, 0.2) is 0 Å². The average Bonchev–Trinajstić information content (AvgIpc) is 3.19. The summed E-state index contributed by atoms with van der Waals surface area (Å²) in [7, 11) is 0. The molecule has 1 heterocycles. The molecule has 0 fully saturated rings. The maximum Gasteiger partial charge on any atom is 0.271 e. The number of aromatic nitrogens is 2. The summed E-state index contributed by atoms with van der Waals surface area (Å²) in [6, 6.07) is 25.1. The molecule has 0 radical (unpaired) electrons. The fourth-order valence-corrected chi connectivity index (χ4v) is 3.14. The molecule has 7 nitrogen and oxygen atoms in total. The molecule has 0 saturated heterocycles. The number of amides is 1. The predicted molar refractivity (Wildman–Crippen MR) is 114 cm³/mol. The van der Waals surface area contributed by atoms with Crippen molar-refractivity contribution >= 4 is 17.3 Å². The van der Waals surface area contributed by atoms with Crippen LogP contribution in [0.1, 0.15) is 15.9 Å². The molecule has 4 rings (SSSR count). The van der Waals surface area contributed by atoms with Crippen molar-refractivity contribution in [3.05, 3.63) is 112 Å². The highest BCUT2D eigenvalue weighted by Crippen LogP contribution is 2.24. The first kappa shape index (κ1) is 19.1. The van der Waals surface area contributed by atoms with Crippen LogP contribution in [0, 0.1) is 10.1 Å². The Bertz CT molecular complexity index is 1190. The lowest BCUT2D eigenvalue weighted by molar-refractivity contribution is -0.384. The van der Waals surface area contributed by atoms with Gasteiger partial charge in [0.2, 0.25) is 0 Å². The molecule has 0 atom stereocenters. The van der Waals surface area contributed by atoms with Gasteiger partial charge in [0.1, 0.15) is 5.69 Å². The zero-order valence-electron chi connectivity index (χ0n) is 15.9. The molecule has 7 heteroatoms. The summed E-state index contributed by atoms with van der Waals surface area (Å²) < 4.78 is 1.72. The largest absolute Gasteiger partial charge is 0.322 e. The number of rotatable bonds is 6. The van der Waals surface area contributed by atoms with E-state index in [1.165, 1.54) is 18.2 Å². The van der Waals surface area contributed by atoms with Gasteiger partial charge in [-0.1, -0.05) is 66.7 Å². The molecule has 0 unspecified atom stereocenters. The highest BCUT2D eigenvalue weighted by Gasteiger charge is 2.19. The molecular weight excluding hydrogens is 380 g/mol. The Labute approximate surface area is 172 Å². The van der Waals surface area contributed by atoms with Gasteiger partial charge in [-0.05, 0) is 11.6 Å². The molecule has 1 N–H and O–H groups in total. The van der Waals surface area contributed by atoms with Gasteiger partial charge in [-0.2, -0.15) is 5.10 Å². The number of hydrogen-bond acceptors (Lipinski definition) is 4. The van der Waals surface area contributed by atoms with Gasteiger partial charge in [0.05, 0.1) is 17.0 Å². The molecule has 30 heavy (non-hydrogen) atoms. The van der Waals surface area contributed by atoms with Gasteiger partial charge >= 0.3 is 0 Å². The van der Waals surface area contributed by atoms with Crippen LogP contribution in [0.2, 0.25) is 0 Å². The Morgan fingerprint density at radius 2 is 1.67 bits per heavy atom. The number of carbonyl (C=O) groups is 1. The zero-order valence-corrected chi connectivity index (χ0v) is 15.9. The molecule has 4 aromatic rings. The zero-order chi connectivity index (χ0) is 20.9. The summed E-state index contributed by atoms with van der Waals surface area (Å²) in [4.78, 5) is 23.5. The van der Waals surface area contributed by atoms with Gasteiger partial charge in [-0.15, -0.1) is 0 Å². The first-order chi connectivity index (χ1) is 14.6. The highest BCUT2D eigenvalue weighted by atomic mass is 16.6. The summed E-state index contributed by atoms with van der Waals surface area (Å²) >= 11 is 0. The van der Waals surface area contributed by atoms with Crippen LogP contribution in [-0.4, -0.2) is 20.6 Å². The van der Waals surface area contributed by atoms with Crippen molar-refractivity contribution in [2.75, 3.05) is 5.32 Å². The third-order valence-electron chi connectivity index (χ3n) is 4.56. The van der Waals surface area contributed by atoms with Crippen molar-refractivity contribution in [3.63, 3.8) is 0 Å². The number of anilines is 1. The Morgan fingerprint density at radius 3 is 2.37 bits per heavy atom. The van der Waals surface area contributed by atoms with Crippen LogP contribution in [0.4, 0.5) is 11.4 Å². The third-order valence-corrected chi connectivity index (χ3v) is 4.56. The summed E-state index contributed by atoms with van der Waals surface area (Å²) in [5.41, 5.74) is 3.08. The van der Waals surface area contributed by atoms with E-state index in [2.05, 4.69) is 10.4 Å². The van der Waals surface area contributed by atoms with E-state index in [4.69, 9.17) is 0 Å². The normalized spacial score (nSPS) is 10.5. The monoisotopic (exact) mass is 398 g/mol. The number of nitrogens with zero attached hydrogens (tertiary/aromatic N) is 3. The second-order valence-corrected chi connectivity index (χ2v) is 6.70. The lowest BCUT2D eigenvalue weighted by Crippen LogP contribution is -2.12. The number of carbonyl (C=O) groups excluding carboxylic acids is 1. The molecule has 1 aromatic heterocycles. The number of nitrogens with one attached hydrogen (secondary N) is 1. The second-order valence-electron chi connectivity index (χ2n) is 6.70. The molecule has 0 aliphatic rings. The molecule has 0 bridgehead atoms. The van der Waals surface area contributed by atoms with Crippen molar-refractivity contribution in [2.24, 2.45) is 0 Å². The van der Waals surface area contributed by atoms with Crippen molar-refractivity contribution in [1.29, 1.82) is 0 Å². The Balaban J connectivity index is 1.67. The van der Waals surface area contributed by atoms with E-state index in [-0.39, 0.29) is 11.6 Å².